The first-order chi connectivity index (χ1) is 15.6. The van der Waals surface area contributed by atoms with Crippen molar-refractivity contribution < 1.29 is 8.42 Å². The molecule has 5 rings (SSSR count). The molecule has 5 aromatic rings. The molecule has 0 aliphatic rings. The van der Waals surface area contributed by atoms with Gasteiger partial charge >= 0.3 is 0 Å². The number of aromatic amines is 1. The standard InChI is InChI=1S/C23H18N6O2S/c30-32(31,19-7-2-1-3-8-19)29-18-6-4-5-17(14-18)27-23-24-12-11-20(28-23)16-9-10-21-22(13-16)26-15-25-21/h1-15,29H,(H,25,26)(H,24,27,28). The van der Waals surface area contributed by atoms with Crippen molar-refractivity contribution in [2.24, 2.45) is 0 Å². The summed E-state index contributed by atoms with van der Waals surface area (Å²) in [5.41, 5.74) is 4.55. The van der Waals surface area contributed by atoms with Crippen LogP contribution in [-0.4, -0.2) is 28.4 Å². The molecule has 158 valence electrons. The predicted molar refractivity (Wildman–Crippen MR) is 124 cm³/mol. The van der Waals surface area contributed by atoms with Crippen molar-refractivity contribution in [2.75, 3.05) is 10.0 Å². The van der Waals surface area contributed by atoms with Crippen LogP contribution in [-0.2, 0) is 10.0 Å². The van der Waals surface area contributed by atoms with Gasteiger partial charge in [-0.3, -0.25) is 4.72 Å². The number of hydrogen-bond acceptors (Lipinski definition) is 6. The van der Waals surface area contributed by atoms with Gasteiger partial charge in [-0.25, -0.2) is 23.4 Å². The maximum absolute atomic E-state index is 12.6. The van der Waals surface area contributed by atoms with Crippen LogP contribution in [0.15, 0.2) is 96.3 Å². The van der Waals surface area contributed by atoms with Gasteiger partial charge in [0.1, 0.15) is 0 Å². The van der Waals surface area contributed by atoms with E-state index < -0.39 is 10.0 Å². The number of aromatic nitrogens is 4. The third kappa shape index (κ3) is 4.14. The molecule has 8 nitrogen and oxygen atoms in total. The van der Waals surface area contributed by atoms with E-state index in [9.17, 15) is 8.42 Å². The third-order valence-corrected chi connectivity index (χ3v) is 6.19. The molecule has 0 amide bonds. The maximum atomic E-state index is 12.6. The number of rotatable bonds is 6. The van der Waals surface area contributed by atoms with Gasteiger partial charge in [-0.05, 0) is 48.5 Å². The van der Waals surface area contributed by atoms with E-state index in [0.717, 1.165) is 22.3 Å². The number of benzene rings is 3. The van der Waals surface area contributed by atoms with Crippen molar-refractivity contribution in [1.82, 2.24) is 19.9 Å². The van der Waals surface area contributed by atoms with Crippen molar-refractivity contribution >= 4 is 38.4 Å². The smallest absolute Gasteiger partial charge is 0.261 e. The third-order valence-electron chi connectivity index (χ3n) is 4.80. The van der Waals surface area contributed by atoms with E-state index in [1.807, 2.05) is 30.3 Å². The number of imidazole rings is 1. The summed E-state index contributed by atoms with van der Waals surface area (Å²) in [6, 6.07) is 22.8. The van der Waals surface area contributed by atoms with Crippen molar-refractivity contribution in [2.45, 2.75) is 4.90 Å². The Labute approximate surface area is 184 Å². The van der Waals surface area contributed by atoms with E-state index in [2.05, 4.69) is 30.0 Å². The number of sulfonamides is 1. The number of nitrogens with zero attached hydrogens (tertiary/aromatic N) is 3. The van der Waals surface area contributed by atoms with Crippen LogP contribution in [0.25, 0.3) is 22.3 Å². The van der Waals surface area contributed by atoms with E-state index in [1.54, 1.807) is 61.1 Å². The van der Waals surface area contributed by atoms with Gasteiger partial charge in [0.15, 0.2) is 0 Å². The number of fused-ring (bicyclic) bond motifs is 1. The lowest BCUT2D eigenvalue weighted by atomic mass is 10.1. The molecular formula is C23H18N6O2S. The van der Waals surface area contributed by atoms with Gasteiger partial charge < -0.3 is 10.3 Å². The number of H-pyrrole nitrogens is 1. The van der Waals surface area contributed by atoms with Gasteiger partial charge in [-0.2, -0.15) is 0 Å². The van der Waals surface area contributed by atoms with Gasteiger partial charge in [-0.1, -0.05) is 30.3 Å². The molecule has 0 fully saturated rings. The van der Waals surface area contributed by atoms with Gasteiger partial charge in [0.25, 0.3) is 10.0 Å². The van der Waals surface area contributed by atoms with E-state index in [4.69, 9.17) is 0 Å². The quantitative estimate of drug-likeness (QED) is 0.355. The maximum Gasteiger partial charge on any atom is 0.261 e. The summed E-state index contributed by atoms with van der Waals surface area (Å²) >= 11 is 0. The molecule has 0 bridgehead atoms. The highest BCUT2D eigenvalue weighted by Gasteiger charge is 2.13. The second kappa shape index (κ2) is 8.12. The molecule has 3 N–H and O–H groups in total. The largest absolute Gasteiger partial charge is 0.345 e. The fourth-order valence-corrected chi connectivity index (χ4v) is 4.34. The molecule has 0 unspecified atom stereocenters. The lowest BCUT2D eigenvalue weighted by molar-refractivity contribution is 0.601. The summed E-state index contributed by atoms with van der Waals surface area (Å²) in [5, 5.41) is 3.13. The first-order valence-corrected chi connectivity index (χ1v) is 11.3. The molecule has 0 saturated heterocycles. The second-order valence-electron chi connectivity index (χ2n) is 7.02. The normalized spacial score (nSPS) is 11.4. The summed E-state index contributed by atoms with van der Waals surface area (Å²) in [6.07, 6.45) is 3.32. The Hall–Kier alpha value is -4.24. The molecule has 9 heteroatoms. The highest BCUT2D eigenvalue weighted by atomic mass is 32.2. The van der Waals surface area contributed by atoms with Crippen molar-refractivity contribution in [3.05, 3.63) is 91.4 Å². The fourth-order valence-electron chi connectivity index (χ4n) is 3.27. The molecule has 32 heavy (non-hydrogen) atoms. The Morgan fingerprint density at radius 3 is 2.53 bits per heavy atom. The van der Waals surface area contributed by atoms with Gasteiger partial charge in [0.2, 0.25) is 5.95 Å². The van der Waals surface area contributed by atoms with Crippen molar-refractivity contribution in [3.63, 3.8) is 0 Å². The van der Waals surface area contributed by atoms with Crippen molar-refractivity contribution in [3.8, 4) is 11.3 Å². The Bertz CT molecular complexity index is 1500. The molecule has 3 aromatic carbocycles. The molecular weight excluding hydrogens is 424 g/mol. The van der Waals surface area contributed by atoms with E-state index in [1.165, 1.54) is 0 Å². The fraction of sp³-hybridized carbons (Fsp3) is 0. The van der Waals surface area contributed by atoms with Crippen LogP contribution in [0.4, 0.5) is 17.3 Å². The first kappa shape index (κ1) is 19.7. The molecule has 0 radical (unpaired) electrons. The molecule has 0 saturated carbocycles. The van der Waals surface area contributed by atoms with E-state index >= 15 is 0 Å². The lowest BCUT2D eigenvalue weighted by Crippen LogP contribution is -2.12. The minimum atomic E-state index is -3.68. The highest BCUT2D eigenvalue weighted by molar-refractivity contribution is 7.92. The zero-order chi connectivity index (χ0) is 22.0. The Kier molecular flexibility index (Phi) is 5.00. The summed E-state index contributed by atoms with van der Waals surface area (Å²) in [5.74, 6) is 0.396. The highest BCUT2D eigenvalue weighted by Crippen LogP contribution is 2.24. The van der Waals surface area contributed by atoms with Crippen LogP contribution in [0, 0.1) is 0 Å². The average Bonchev–Trinajstić information content (AvgIpc) is 3.28. The second-order valence-corrected chi connectivity index (χ2v) is 8.71. The zero-order valence-corrected chi connectivity index (χ0v) is 17.5. The van der Waals surface area contributed by atoms with Gasteiger partial charge in [0, 0.05) is 17.4 Å². The monoisotopic (exact) mass is 442 g/mol. The topological polar surface area (TPSA) is 113 Å². The van der Waals surface area contributed by atoms with Gasteiger partial charge in [-0.15, -0.1) is 0 Å². The van der Waals surface area contributed by atoms with Crippen LogP contribution in [0.1, 0.15) is 0 Å². The van der Waals surface area contributed by atoms with Crippen LogP contribution in [0.3, 0.4) is 0 Å². The molecule has 0 spiro atoms. The van der Waals surface area contributed by atoms with Crippen LogP contribution in [0.5, 0.6) is 0 Å². The molecule has 2 heterocycles. The van der Waals surface area contributed by atoms with E-state index in [-0.39, 0.29) is 4.90 Å². The number of hydrogen-bond donors (Lipinski definition) is 3. The van der Waals surface area contributed by atoms with Crippen LogP contribution in [0.2, 0.25) is 0 Å². The zero-order valence-electron chi connectivity index (χ0n) is 16.7. The summed E-state index contributed by atoms with van der Waals surface area (Å²) in [4.78, 5) is 16.4. The Morgan fingerprint density at radius 2 is 1.66 bits per heavy atom. The summed E-state index contributed by atoms with van der Waals surface area (Å²) in [6.45, 7) is 0. The van der Waals surface area contributed by atoms with Gasteiger partial charge in [0.05, 0.1) is 33.6 Å². The predicted octanol–water partition coefficient (Wildman–Crippen LogP) is 4.56. The number of nitrogens with one attached hydrogen (secondary N) is 3. The Morgan fingerprint density at radius 1 is 0.812 bits per heavy atom. The SMILES string of the molecule is O=S(=O)(Nc1cccc(Nc2nccc(-c3ccc4[nH]cnc4c3)n2)c1)c1ccccc1. The number of anilines is 3. The molecule has 0 aliphatic carbocycles. The minimum Gasteiger partial charge on any atom is -0.345 e. The average molecular weight is 443 g/mol. The van der Waals surface area contributed by atoms with E-state index in [0.29, 0.717) is 17.3 Å². The molecule has 2 aromatic heterocycles. The molecule has 0 aliphatic heterocycles. The lowest BCUT2D eigenvalue weighted by Gasteiger charge is -2.11. The Balaban J connectivity index is 1.37. The van der Waals surface area contributed by atoms with Crippen LogP contribution < -0.4 is 10.0 Å². The van der Waals surface area contributed by atoms with Crippen LogP contribution >= 0.6 is 0 Å². The summed E-state index contributed by atoms with van der Waals surface area (Å²) in [7, 11) is -3.68. The summed E-state index contributed by atoms with van der Waals surface area (Å²) < 4.78 is 27.8. The first-order valence-electron chi connectivity index (χ1n) is 9.78. The van der Waals surface area contributed by atoms with Crippen molar-refractivity contribution in [1.29, 1.82) is 0 Å². The minimum absolute atomic E-state index is 0.197. The molecule has 0 atom stereocenters.